The molecule has 0 heterocycles. The predicted molar refractivity (Wildman–Crippen MR) is 64.1 cm³/mol. The molecule has 0 fully saturated rings. The van der Waals surface area contributed by atoms with Crippen molar-refractivity contribution in [1.29, 1.82) is 0 Å². The zero-order valence-electron chi connectivity index (χ0n) is 11.3. The van der Waals surface area contributed by atoms with Crippen LogP contribution < -0.4 is 5.32 Å². The molecule has 0 radical (unpaired) electrons. The van der Waals surface area contributed by atoms with E-state index < -0.39 is 29.4 Å². The SMILES string of the molecule is COC(=O)CN(C)C(=O)NC(C(=O)O)C(C)(C)C. The number of carboxylic acids is 1. The number of hydrogen-bond donors (Lipinski definition) is 2. The lowest BCUT2D eigenvalue weighted by molar-refractivity contribution is -0.142. The molecule has 0 saturated heterocycles. The first-order chi connectivity index (χ1) is 8.09. The van der Waals surface area contributed by atoms with Gasteiger partial charge in [-0.05, 0) is 5.41 Å². The van der Waals surface area contributed by atoms with Gasteiger partial charge in [0.1, 0.15) is 12.6 Å². The molecule has 0 spiro atoms. The molecule has 2 amide bonds. The van der Waals surface area contributed by atoms with E-state index in [9.17, 15) is 14.4 Å². The van der Waals surface area contributed by atoms with E-state index in [0.29, 0.717) is 0 Å². The van der Waals surface area contributed by atoms with Crippen LogP contribution in [-0.2, 0) is 14.3 Å². The fraction of sp³-hybridized carbons (Fsp3) is 0.727. The van der Waals surface area contributed by atoms with E-state index in [0.717, 1.165) is 4.90 Å². The second kappa shape index (κ2) is 6.23. The van der Waals surface area contributed by atoms with Gasteiger partial charge < -0.3 is 20.1 Å². The minimum Gasteiger partial charge on any atom is -0.480 e. The summed E-state index contributed by atoms with van der Waals surface area (Å²) in [5.74, 6) is -1.70. The maximum Gasteiger partial charge on any atom is 0.326 e. The molecule has 104 valence electrons. The number of nitrogens with zero attached hydrogens (tertiary/aromatic N) is 1. The van der Waals surface area contributed by atoms with E-state index >= 15 is 0 Å². The number of amides is 2. The average Bonchev–Trinajstić information content (AvgIpc) is 2.22. The van der Waals surface area contributed by atoms with Gasteiger partial charge in [-0.3, -0.25) is 4.79 Å². The maximum absolute atomic E-state index is 11.7. The Morgan fingerprint density at radius 2 is 1.83 bits per heavy atom. The molecule has 0 rings (SSSR count). The lowest BCUT2D eigenvalue weighted by atomic mass is 9.87. The van der Waals surface area contributed by atoms with Crippen LogP contribution in [0, 0.1) is 5.41 Å². The summed E-state index contributed by atoms with van der Waals surface area (Å²) < 4.78 is 4.41. The van der Waals surface area contributed by atoms with Crippen LogP contribution in [0.5, 0.6) is 0 Å². The smallest absolute Gasteiger partial charge is 0.326 e. The highest BCUT2D eigenvalue weighted by molar-refractivity contribution is 5.85. The zero-order valence-corrected chi connectivity index (χ0v) is 11.3. The summed E-state index contributed by atoms with van der Waals surface area (Å²) in [7, 11) is 2.59. The second-order valence-corrected chi connectivity index (χ2v) is 5.02. The Labute approximate surface area is 106 Å². The molecule has 18 heavy (non-hydrogen) atoms. The predicted octanol–water partition coefficient (Wildman–Crippen LogP) is 0.300. The van der Waals surface area contributed by atoms with Gasteiger partial charge in [-0.2, -0.15) is 0 Å². The first kappa shape index (κ1) is 16.2. The number of nitrogens with one attached hydrogen (secondary N) is 1. The van der Waals surface area contributed by atoms with Crippen molar-refractivity contribution in [1.82, 2.24) is 10.2 Å². The van der Waals surface area contributed by atoms with Crippen molar-refractivity contribution in [3.63, 3.8) is 0 Å². The normalized spacial score (nSPS) is 12.5. The van der Waals surface area contributed by atoms with Crippen molar-refractivity contribution < 1.29 is 24.2 Å². The van der Waals surface area contributed by atoms with Crippen molar-refractivity contribution in [2.45, 2.75) is 26.8 Å². The van der Waals surface area contributed by atoms with Gasteiger partial charge in [0.25, 0.3) is 0 Å². The topological polar surface area (TPSA) is 95.9 Å². The first-order valence-corrected chi connectivity index (χ1v) is 5.40. The Morgan fingerprint density at radius 3 is 2.17 bits per heavy atom. The maximum atomic E-state index is 11.7. The van der Waals surface area contributed by atoms with E-state index in [2.05, 4.69) is 10.1 Å². The minimum absolute atomic E-state index is 0.237. The third kappa shape index (κ3) is 5.03. The molecular formula is C11H20N2O5. The van der Waals surface area contributed by atoms with Crippen LogP contribution in [0.2, 0.25) is 0 Å². The summed E-state index contributed by atoms with van der Waals surface area (Å²) in [6.07, 6.45) is 0. The molecule has 7 nitrogen and oxygen atoms in total. The van der Waals surface area contributed by atoms with Gasteiger partial charge in [0.2, 0.25) is 0 Å². The van der Waals surface area contributed by atoms with Crippen LogP contribution >= 0.6 is 0 Å². The molecule has 0 aromatic rings. The monoisotopic (exact) mass is 260 g/mol. The molecule has 0 aliphatic heterocycles. The van der Waals surface area contributed by atoms with Gasteiger partial charge >= 0.3 is 18.0 Å². The number of carboxylic acid groups (broad SMARTS) is 1. The van der Waals surface area contributed by atoms with Gasteiger partial charge in [-0.25, -0.2) is 9.59 Å². The van der Waals surface area contributed by atoms with Crippen molar-refractivity contribution in [2.24, 2.45) is 5.41 Å². The molecule has 0 aliphatic rings. The third-order valence-electron chi connectivity index (χ3n) is 2.32. The summed E-state index contributed by atoms with van der Waals surface area (Å²) in [4.78, 5) is 34.8. The minimum atomic E-state index is -1.12. The van der Waals surface area contributed by atoms with Gasteiger partial charge in [0, 0.05) is 7.05 Å². The van der Waals surface area contributed by atoms with E-state index in [1.54, 1.807) is 20.8 Å². The Bertz CT molecular complexity index is 335. The zero-order chi connectivity index (χ0) is 14.5. The average molecular weight is 260 g/mol. The van der Waals surface area contributed by atoms with E-state index in [1.165, 1.54) is 14.2 Å². The molecule has 0 aliphatic carbocycles. The van der Waals surface area contributed by atoms with Crippen LogP contribution in [0.3, 0.4) is 0 Å². The van der Waals surface area contributed by atoms with E-state index in [4.69, 9.17) is 5.11 Å². The van der Waals surface area contributed by atoms with Gasteiger partial charge in [-0.1, -0.05) is 20.8 Å². The lowest BCUT2D eigenvalue weighted by Gasteiger charge is -2.29. The highest BCUT2D eigenvalue weighted by atomic mass is 16.5. The highest BCUT2D eigenvalue weighted by Crippen LogP contribution is 2.19. The third-order valence-corrected chi connectivity index (χ3v) is 2.32. The van der Waals surface area contributed by atoms with E-state index in [-0.39, 0.29) is 6.54 Å². The number of hydrogen-bond acceptors (Lipinski definition) is 4. The highest BCUT2D eigenvalue weighted by Gasteiger charge is 2.33. The Balaban J connectivity index is 4.62. The van der Waals surface area contributed by atoms with Gasteiger partial charge in [-0.15, -0.1) is 0 Å². The Hall–Kier alpha value is -1.79. The number of esters is 1. The second-order valence-electron chi connectivity index (χ2n) is 5.02. The van der Waals surface area contributed by atoms with Gasteiger partial charge in [0.05, 0.1) is 7.11 Å². The quantitative estimate of drug-likeness (QED) is 0.709. The molecule has 1 atom stereocenters. The molecule has 0 bridgehead atoms. The molecule has 0 aromatic heterocycles. The summed E-state index contributed by atoms with van der Waals surface area (Å²) in [6.45, 7) is 4.87. The Kier molecular flexibility index (Phi) is 5.61. The molecular weight excluding hydrogens is 240 g/mol. The van der Waals surface area contributed by atoms with Crippen LogP contribution in [0.1, 0.15) is 20.8 Å². The van der Waals surface area contributed by atoms with Crippen molar-refractivity contribution in [3.05, 3.63) is 0 Å². The van der Waals surface area contributed by atoms with Crippen LogP contribution in [0.25, 0.3) is 0 Å². The number of urea groups is 1. The number of rotatable bonds is 4. The van der Waals surface area contributed by atoms with Crippen molar-refractivity contribution in [2.75, 3.05) is 20.7 Å². The fourth-order valence-corrected chi connectivity index (χ4v) is 1.21. The molecule has 2 N–H and O–H groups in total. The molecule has 0 saturated carbocycles. The Morgan fingerprint density at radius 1 is 1.33 bits per heavy atom. The molecule has 7 heteroatoms. The van der Waals surface area contributed by atoms with Crippen molar-refractivity contribution >= 4 is 18.0 Å². The number of likely N-dealkylation sites (N-methyl/N-ethyl adjacent to an activating group) is 1. The summed E-state index contributed by atoms with van der Waals surface area (Å²) >= 11 is 0. The number of methoxy groups -OCH3 is 1. The summed E-state index contributed by atoms with van der Waals surface area (Å²) in [5, 5.41) is 11.4. The number of aliphatic carboxylic acids is 1. The van der Waals surface area contributed by atoms with Gasteiger partial charge in [0.15, 0.2) is 0 Å². The number of carbonyl (C=O) groups is 3. The summed E-state index contributed by atoms with van der Waals surface area (Å²) in [5.41, 5.74) is -0.631. The van der Waals surface area contributed by atoms with Crippen LogP contribution in [-0.4, -0.2) is 54.7 Å². The van der Waals surface area contributed by atoms with Crippen LogP contribution in [0.15, 0.2) is 0 Å². The number of ether oxygens (including phenoxy) is 1. The lowest BCUT2D eigenvalue weighted by Crippen LogP contribution is -2.53. The fourth-order valence-electron chi connectivity index (χ4n) is 1.21. The van der Waals surface area contributed by atoms with Crippen LogP contribution in [0.4, 0.5) is 4.79 Å². The molecule has 1 unspecified atom stereocenters. The first-order valence-electron chi connectivity index (χ1n) is 5.40. The van der Waals surface area contributed by atoms with E-state index in [1.807, 2.05) is 0 Å². The molecule has 0 aromatic carbocycles. The standard InChI is InChI=1S/C11H20N2O5/c1-11(2,3)8(9(15)16)12-10(17)13(4)6-7(14)18-5/h8H,6H2,1-5H3,(H,12,17)(H,15,16). The number of carbonyl (C=O) groups excluding carboxylic acids is 2. The van der Waals surface area contributed by atoms with Crippen molar-refractivity contribution in [3.8, 4) is 0 Å². The largest absolute Gasteiger partial charge is 0.480 e. The summed E-state index contributed by atoms with van der Waals surface area (Å²) in [6, 6.07) is -1.67.